The van der Waals surface area contributed by atoms with Crippen LogP contribution in [0.3, 0.4) is 0 Å². The Hall–Kier alpha value is -1.76. The largest absolute Gasteiger partial charge is 0.491 e. The van der Waals surface area contributed by atoms with E-state index in [1.54, 1.807) is 0 Å². The maximum absolute atomic E-state index is 12.3. The highest BCUT2D eigenvalue weighted by Crippen LogP contribution is 2.30. The molecule has 7 heteroatoms. The lowest BCUT2D eigenvalue weighted by atomic mass is 10.2. The van der Waals surface area contributed by atoms with Crippen molar-refractivity contribution in [3.8, 4) is 5.75 Å². The van der Waals surface area contributed by atoms with E-state index in [1.807, 2.05) is 0 Å². The molecule has 0 saturated heterocycles. The molecule has 0 bridgehead atoms. The van der Waals surface area contributed by atoms with E-state index < -0.39 is 17.8 Å². The number of likely N-dealkylation sites (N-methyl/N-ethyl adjacent to an activating group) is 1. The molecule has 0 saturated carbocycles. The maximum atomic E-state index is 12.3. The highest BCUT2D eigenvalue weighted by atomic mass is 19.4. The second kappa shape index (κ2) is 6.60. The lowest BCUT2D eigenvalue weighted by molar-refractivity contribution is -0.137. The molecule has 1 amide bonds. The van der Waals surface area contributed by atoms with Crippen LogP contribution in [0.4, 0.5) is 13.2 Å². The summed E-state index contributed by atoms with van der Waals surface area (Å²) in [5.74, 6) is 0.0288. The fourth-order valence-corrected chi connectivity index (χ4v) is 1.43. The van der Waals surface area contributed by atoms with Gasteiger partial charge in [0.2, 0.25) is 5.91 Å². The van der Waals surface area contributed by atoms with E-state index >= 15 is 0 Å². The van der Waals surface area contributed by atoms with Crippen molar-refractivity contribution in [2.24, 2.45) is 0 Å². The summed E-state index contributed by atoms with van der Waals surface area (Å²) < 4.78 is 42.2. The Bertz CT molecular complexity index is 445. The summed E-state index contributed by atoms with van der Waals surface area (Å²) in [6, 6.07) is 4.18. The minimum Gasteiger partial charge on any atom is -0.491 e. The van der Waals surface area contributed by atoms with Gasteiger partial charge >= 0.3 is 6.18 Å². The molecule has 1 unspecified atom stereocenters. The molecule has 1 atom stereocenters. The maximum Gasteiger partial charge on any atom is 0.416 e. The van der Waals surface area contributed by atoms with E-state index in [-0.39, 0.29) is 24.8 Å². The van der Waals surface area contributed by atoms with Gasteiger partial charge in [0, 0.05) is 20.5 Å². The normalized spacial score (nSPS) is 12.9. The Morgan fingerprint density at radius 3 is 2.35 bits per heavy atom. The van der Waals surface area contributed by atoms with Gasteiger partial charge in [0.25, 0.3) is 0 Å². The van der Waals surface area contributed by atoms with Gasteiger partial charge in [-0.2, -0.15) is 13.2 Å². The molecular formula is C13H16F3NO3. The summed E-state index contributed by atoms with van der Waals surface area (Å²) in [5.41, 5.74) is -0.762. The summed E-state index contributed by atoms with van der Waals surface area (Å²) in [4.78, 5) is 12.3. The van der Waals surface area contributed by atoms with Crippen molar-refractivity contribution in [1.29, 1.82) is 0 Å². The number of aliphatic hydroxyl groups excluding tert-OH is 1. The highest BCUT2D eigenvalue weighted by molar-refractivity contribution is 5.72. The number of nitrogens with zero attached hydrogens (tertiary/aromatic N) is 1. The Labute approximate surface area is 114 Å². The number of rotatable bonds is 5. The minimum absolute atomic E-state index is 0.0932. The summed E-state index contributed by atoms with van der Waals surface area (Å²) in [6.45, 7) is 1.35. The fourth-order valence-electron chi connectivity index (χ4n) is 1.43. The molecule has 0 aliphatic heterocycles. The van der Waals surface area contributed by atoms with Gasteiger partial charge in [-0.05, 0) is 24.3 Å². The van der Waals surface area contributed by atoms with Crippen LogP contribution in [0, 0.1) is 0 Å². The Morgan fingerprint density at radius 1 is 1.35 bits per heavy atom. The second-order valence-corrected chi connectivity index (χ2v) is 4.39. The van der Waals surface area contributed by atoms with Crippen LogP contribution in [-0.2, 0) is 11.0 Å². The number of aliphatic hydroxyl groups is 1. The average molecular weight is 291 g/mol. The molecule has 1 aromatic rings. The molecule has 1 aromatic carbocycles. The van der Waals surface area contributed by atoms with E-state index in [4.69, 9.17) is 4.74 Å². The predicted octanol–water partition coefficient (Wildman–Crippen LogP) is 1.92. The second-order valence-electron chi connectivity index (χ2n) is 4.39. The monoisotopic (exact) mass is 291 g/mol. The van der Waals surface area contributed by atoms with E-state index in [1.165, 1.54) is 31.0 Å². The van der Waals surface area contributed by atoms with E-state index in [2.05, 4.69) is 0 Å². The van der Waals surface area contributed by atoms with Crippen molar-refractivity contribution in [3.63, 3.8) is 0 Å². The van der Waals surface area contributed by atoms with Gasteiger partial charge in [-0.1, -0.05) is 0 Å². The van der Waals surface area contributed by atoms with Crippen molar-refractivity contribution in [2.75, 3.05) is 20.2 Å². The molecule has 0 radical (unpaired) electrons. The van der Waals surface area contributed by atoms with Crippen molar-refractivity contribution >= 4 is 5.91 Å². The van der Waals surface area contributed by atoms with Crippen LogP contribution in [0.1, 0.15) is 12.5 Å². The zero-order chi connectivity index (χ0) is 15.3. The van der Waals surface area contributed by atoms with Gasteiger partial charge in [0.1, 0.15) is 18.5 Å². The fraction of sp³-hybridized carbons (Fsp3) is 0.462. The zero-order valence-corrected chi connectivity index (χ0v) is 11.1. The predicted molar refractivity (Wildman–Crippen MR) is 66.3 cm³/mol. The van der Waals surface area contributed by atoms with Gasteiger partial charge in [-0.25, -0.2) is 0 Å². The quantitative estimate of drug-likeness (QED) is 0.901. The van der Waals surface area contributed by atoms with E-state index in [0.717, 1.165) is 12.1 Å². The van der Waals surface area contributed by atoms with Crippen LogP contribution in [0.5, 0.6) is 5.75 Å². The van der Waals surface area contributed by atoms with Crippen LogP contribution in [0.15, 0.2) is 24.3 Å². The SMILES string of the molecule is CC(=O)N(C)CC(O)COc1ccc(C(F)(F)F)cc1. The molecule has 112 valence electrons. The van der Waals surface area contributed by atoms with Crippen LogP contribution >= 0.6 is 0 Å². The number of benzene rings is 1. The number of alkyl halides is 3. The minimum atomic E-state index is -4.39. The van der Waals surface area contributed by atoms with Crippen molar-refractivity contribution in [1.82, 2.24) is 4.90 Å². The third kappa shape index (κ3) is 5.08. The Morgan fingerprint density at radius 2 is 1.90 bits per heavy atom. The average Bonchev–Trinajstić information content (AvgIpc) is 2.35. The number of ether oxygens (including phenoxy) is 1. The van der Waals surface area contributed by atoms with E-state index in [0.29, 0.717) is 0 Å². The first-order valence-electron chi connectivity index (χ1n) is 5.90. The van der Waals surface area contributed by atoms with Gasteiger partial charge < -0.3 is 14.7 Å². The third-order valence-corrected chi connectivity index (χ3v) is 2.65. The number of amides is 1. The molecular weight excluding hydrogens is 275 g/mol. The summed E-state index contributed by atoms with van der Waals surface area (Å²) in [7, 11) is 1.53. The molecule has 0 fully saturated rings. The summed E-state index contributed by atoms with van der Waals surface area (Å²) in [6.07, 6.45) is -5.30. The lowest BCUT2D eigenvalue weighted by Crippen LogP contribution is -2.35. The molecule has 20 heavy (non-hydrogen) atoms. The van der Waals surface area contributed by atoms with Crippen molar-refractivity contribution in [3.05, 3.63) is 29.8 Å². The topological polar surface area (TPSA) is 49.8 Å². The number of carbonyl (C=O) groups excluding carboxylic acids is 1. The van der Waals surface area contributed by atoms with E-state index in [9.17, 15) is 23.1 Å². The molecule has 1 rings (SSSR count). The number of hydrogen-bond donors (Lipinski definition) is 1. The molecule has 0 spiro atoms. The zero-order valence-electron chi connectivity index (χ0n) is 11.1. The van der Waals surface area contributed by atoms with Crippen molar-refractivity contribution in [2.45, 2.75) is 19.2 Å². The third-order valence-electron chi connectivity index (χ3n) is 2.65. The number of hydrogen-bond acceptors (Lipinski definition) is 3. The van der Waals surface area contributed by atoms with Crippen LogP contribution in [0.2, 0.25) is 0 Å². The van der Waals surface area contributed by atoms with Crippen LogP contribution < -0.4 is 4.74 Å². The van der Waals surface area contributed by atoms with Crippen molar-refractivity contribution < 1.29 is 27.8 Å². The standard InChI is InChI=1S/C13H16F3NO3/c1-9(18)17(2)7-11(19)8-20-12-5-3-10(4-6-12)13(14,15)16/h3-6,11,19H,7-8H2,1-2H3. The molecule has 1 N–H and O–H groups in total. The summed E-state index contributed by atoms with van der Waals surface area (Å²) >= 11 is 0. The van der Waals surface area contributed by atoms with Gasteiger partial charge in [0.05, 0.1) is 5.56 Å². The molecule has 0 heterocycles. The molecule has 4 nitrogen and oxygen atoms in total. The first-order valence-corrected chi connectivity index (χ1v) is 5.90. The lowest BCUT2D eigenvalue weighted by Gasteiger charge is -2.19. The first-order chi connectivity index (χ1) is 9.20. The Kier molecular flexibility index (Phi) is 5.38. The van der Waals surface area contributed by atoms with Crippen LogP contribution in [0.25, 0.3) is 0 Å². The summed E-state index contributed by atoms with van der Waals surface area (Å²) in [5, 5.41) is 9.61. The van der Waals surface area contributed by atoms with Crippen LogP contribution in [-0.4, -0.2) is 42.2 Å². The molecule has 0 aliphatic rings. The smallest absolute Gasteiger partial charge is 0.416 e. The highest BCUT2D eigenvalue weighted by Gasteiger charge is 2.30. The van der Waals surface area contributed by atoms with Gasteiger partial charge in [0.15, 0.2) is 0 Å². The van der Waals surface area contributed by atoms with Gasteiger partial charge in [-0.3, -0.25) is 4.79 Å². The Balaban J connectivity index is 2.48. The molecule has 0 aromatic heterocycles. The number of halogens is 3. The molecule has 0 aliphatic carbocycles. The first kappa shape index (κ1) is 16.3. The van der Waals surface area contributed by atoms with Gasteiger partial charge in [-0.15, -0.1) is 0 Å². The number of carbonyl (C=O) groups is 1.